The van der Waals surface area contributed by atoms with Crippen LogP contribution in [0, 0.1) is 0 Å². The number of para-hydroxylation sites is 1. The molecule has 3 rings (SSSR count). The van der Waals surface area contributed by atoms with Gasteiger partial charge in [-0.1, -0.05) is 18.2 Å². The van der Waals surface area contributed by atoms with Crippen LogP contribution < -0.4 is 9.46 Å². The molecule has 1 N–H and O–H groups in total. The van der Waals surface area contributed by atoms with Crippen LogP contribution in [-0.2, 0) is 16.6 Å². The second kappa shape index (κ2) is 7.14. The first kappa shape index (κ1) is 16.0. The minimum absolute atomic E-state index is 0.0543. The fourth-order valence-electron chi connectivity index (χ4n) is 2.39. The summed E-state index contributed by atoms with van der Waals surface area (Å²) in [5.41, 5.74) is 0. The Morgan fingerprint density at radius 3 is 2.78 bits per heavy atom. The van der Waals surface area contributed by atoms with Gasteiger partial charge in [-0.25, -0.2) is 18.1 Å². The predicted molar refractivity (Wildman–Crippen MR) is 87.9 cm³/mol. The monoisotopic (exact) mass is 335 g/mol. The van der Waals surface area contributed by atoms with E-state index in [0.717, 1.165) is 5.82 Å². The SMILES string of the molecule is O=S(=O)(CCOc1ccccc1)NCCn1ccnc1C1CC1. The number of benzene rings is 1. The molecule has 7 heteroatoms. The first-order chi connectivity index (χ1) is 11.1. The smallest absolute Gasteiger partial charge is 0.215 e. The third-order valence-electron chi connectivity index (χ3n) is 3.73. The number of nitrogens with one attached hydrogen (secondary N) is 1. The third-order valence-corrected chi connectivity index (χ3v) is 5.08. The van der Waals surface area contributed by atoms with Crippen molar-refractivity contribution in [1.82, 2.24) is 14.3 Å². The Balaban J connectivity index is 1.41. The summed E-state index contributed by atoms with van der Waals surface area (Å²) in [7, 11) is -3.33. The van der Waals surface area contributed by atoms with Crippen LogP contribution in [-0.4, -0.2) is 36.9 Å². The highest BCUT2D eigenvalue weighted by molar-refractivity contribution is 7.89. The van der Waals surface area contributed by atoms with Gasteiger partial charge in [0.1, 0.15) is 18.2 Å². The van der Waals surface area contributed by atoms with E-state index in [0.29, 0.717) is 24.8 Å². The van der Waals surface area contributed by atoms with Gasteiger partial charge < -0.3 is 9.30 Å². The lowest BCUT2D eigenvalue weighted by Gasteiger charge is -2.10. The van der Waals surface area contributed by atoms with E-state index in [2.05, 4.69) is 9.71 Å². The Bertz CT molecular complexity index is 724. The molecule has 124 valence electrons. The fraction of sp³-hybridized carbons (Fsp3) is 0.438. The molecular formula is C16H21N3O3S. The van der Waals surface area contributed by atoms with Gasteiger partial charge in [-0.3, -0.25) is 0 Å². The van der Waals surface area contributed by atoms with Crippen LogP contribution in [0.4, 0.5) is 0 Å². The lowest BCUT2D eigenvalue weighted by Crippen LogP contribution is -2.31. The number of hydrogen-bond donors (Lipinski definition) is 1. The second-order valence-electron chi connectivity index (χ2n) is 5.63. The van der Waals surface area contributed by atoms with Gasteiger partial charge in [0.25, 0.3) is 0 Å². The number of rotatable bonds is 9. The van der Waals surface area contributed by atoms with Gasteiger partial charge in [0.2, 0.25) is 10.0 Å². The summed E-state index contributed by atoms with van der Waals surface area (Å²) in [5.74, 6) is 2.24. The lowest BCUT2D eigenvalue weighted by molar-refractivity contribution is 0.340. The predicted octanol–water partition coefficient (Wildman–Crippen LogP) is 1.76. The molecule has 0 aliphatic heterocycles. The summed E-state index contributed by atoms with van der Waals surface area (Å²) in [4.78, 5) is 4.34. The summed E-state index contributed by atoms with van der Waals surface area (Å²) in [5, 5.41) is 0. The van der Waals surface area contributed by atoms with Crippen LogP contribution in [0.5, 0.6) is 5.75 Å². The number of nitrogens with zero attached hydrogens (tertiary/aromatic N) is 2. The van der Waals surface area contributed by atoms with Gasteiger partial charge in [-0.2, -0.15) is 0 Å². The van der Waals surface area contributed by atoms with E-state index in [9.17, 15) is 8.42 Å². The average Bonchev–Trinajstić information content (AvgIpc) is 3.27. The molecule has 0 radical (unpaired) electrons. The van der Waals surface area contributed by atoms with Gasteiger partial charge in [0, 0.05) is 31.4 Å². The Morgan fingerprint density at radius 1 is 1.26 bits per heavy atom. The summed E-state index contributed by atoms with van der Waals surface area (Å²) in [6, 6.07) is 9.20. The van der Waals surface area contributed by atoms with Gasteiger partial charge in [0.15, 0.2) is 0 Å². The summed E-state index contributed by atoms with van der Waals surface area (Å²) in [6.07, 6.45) is 6.04. The first-order valence-corrected chi connectivity index (χ1v) is 9.45. The molecule has 0 saturated heterocycles. The van der Waals surface area contributed by atoms with Gasteiger partial charge in [0.05, 0.1) is 5.75 Å². The molecule has 1 heterocycles. The van der Waals surface area contributed by atoms with Crippen molar-refractivity contribution in [2.45, 2.75) is 25.3 Å². The molecule has 0 bridgehead atoms. The fourth-order valence-corrected chi connectivity index (χ4v) is 3.24. The van der Waals surface area contributed by atoms with Gasteiger partial charge >= 0.3 is 0 Å². The highest BCUT2D eigenvalue weighted by Crippen LogP contribution is 2.38. The van der Waals surface area contributed by atoms with E-state index in [-0.39, 0.29) is 12.4 Å². The van der Waals surface area contributed by atoms with Crippen LogP contribution in [0.15, 0.2) is 42.7 Å². The largest absolute Gasteiger partial charge is 0.492 e. The second-order valence-corrected chi connectivity index (χ2v) is 7.55. The maximum atomic E-state index is 12.0. The standard InChI is InChI=1S/C16H21N3O3S/c20-23(21,13-12-22-15-4-2-1-3-5-15)18-9-11-19-10-8-17-16(19)14-6-7-14/h1-5,8,10,14,18H,6-7,9,11-13H2. The van der Waals surface area contributed by atoms with E-state index in [4.69, 9.17) is 4.74 Å². The molecule has 1 aromatic carbocycles. The molecule has 0 unspecified atom stereocenters. The molecule has 1 aliphatic carbocycles. The summed E-state index contributed by atoms with van der Waals surface area (Å²) >= 11 is 0. The molecule has 0 spiro atoms. The maximum absolute atomic E-state index is 12.0. The number of aromatic nitrogens is 2. The minimum Gasteiger partial charge on any atom is -0.492 e. The normalized spacial score (nSPS) is 14.8. The van der Waals surface area contributed by atoms with Crippen molar-refractivity contribution in [3.63, 3.8) is 0 Å². The summed E-state index contributed by atoms with van der Waals surface area (Å²) in [6.45, 7) is 1.10. The number of hydrogen-bond acceptors (Lipinski definition) is 4. The molecule has 2 aromatic rings. The van der Waals surface area contributed by atoms with E-state index in [1.165, 1.54) is 12.8 Å². The molecule has 1 aliphatic rings. The van der Waals surface area contributed by atoms with Crippen molar-refractivity contribution in [3.05, 3.63) is 48.5 Å². The van der Waals surface area contributed by atoms with Crippen LogP contribution >= 0.6 is 0 Å². The van der Waals surface area contributed by atoms with Crippen LogP contribution in [0.3, 0.4) is 0 Å². The van der Waals surface area contributed by atoms with E-state index in [1.54, 1.807) is 18.3 Å². The molecular weight excluding hydrogens is 314 g/mol. The molecule has 0 atom stereocenters. The number of imidazole rings is 1. The molecule has 0 amide bonds. The molecule has 1 fully saturated rings. The quantitative estimate of drug-likeness (QED) is 0.758. The van der Waals surface area contributed by atoms with Crippen molar-refractivity contribution in [3.8, 4) is 5.75 Å². The van der Waals surface area contributed by atoms with Crippen molar-refractivity contribution in [1.29, 1.82) is 0 Å². The molecule has 6 nitrogen and oxygen atoms in total. The van der Waals surface area contributed by atoms with Crippen LogP contribution in [0.1, 0.15) is 24.6 Å². The number of ether oxygens (including phenoxy) is 1. The van der Waals surface area contributed by atoms with Crippen molar-refractivity contribution >= 4 is 10.0 Å². The zero-order valence-corrected chi connectivity index (χ0v) is 13.7. The average molecular weight is 335 g/mol. The van der Waals surface area contributed by atoms with Crippen molar-refractivity contribution < 1.29 is 13.2 Å². The number of sulfonamides is 1. The Kier molecular flexibility index (Phi) is 4.97. The topological polar surface area (TPSA) is 73.2 Å². The zero-order chi connectivity index (χ0) is 16.1. The first-order valence-electron chi connectivity index (χ1n) is 7.80. The van der Waals surface area contributed by atoms with Gasteiger partial charge in [-0.05, 0) is 25.0 Å². The third kappa shape index (κ3) is 4.80. The van der Waals surface area contributed by atoms with Crippen molar-refractivity contribution in [2.24, 2.45) is 0 Å². The van der Waals surface area contributed by atoms with Crippen molar-refractivity contribution in [2.75, 3.05) is 18.9 Å². The van der Waals surface area contributed by atoms with E-state index < -0.39 is 10.0 Å². The van der Waals surface area contributed by atoms with E-state index in [1.807, 2.05) is 29.0 Å². The zero-order valence-electron chi connectivity index (χ0n) is 12.9. The molecule has 1 saturated carbocycles. The maximum Gasteiger partial charge on any atom is 0.215 e. The van der Waals surface area contributed by atoms with Crippen LogP contribution in [0.25, 0.3) is 0 Å². The Hall–Kier alpha value is -1.86. The Morgan fingerprint density at radius 2 is 2.04 bits per heavy atom. The van der Waals surface area contributed by atoms with Crippen LogP contribution in [0.2, 0.25) is 0 Å². The lowest BCUT2D eigenvalue weighted by atomic mass is 10.3. The van der Waals surface area contributed by atoms with Gasteiger partial charge in [-0.15, -0.1) is 0 Å². The molecule has 23 heavy (non-hydrogen) atoms. The van der Waals surface area contributed by atoms with E-state index >= 15 is 0 Å². The molecule has 1 aromatic heterocycles. The highest BCUT2D eigenvalue weighted by Gasteiger charge is 2.27. The summed E-state index contributed by atoms with van der Waals surface area (Å²) < 4.78 is 34.0. The highest BCUT2D eigenvalue weighted by atomic mass is 32.2. The minimum atomic E-state index is -3.33. The Labute approximate surface area is 136 Å².